The molecule has 0 spiro atoms. The maximum absolute atomic E-state index is 2.70. The van der Waals surface area contributed by atoms with Crippen LogP contribution in [-0.2, 0) is 0 Å². The van der Waals surface area contributed by atoms with Crippen molar-refractivity contribution in [2.75, 3.05) is 0 Å². The molecule has 0 aliphatic carbocycles. The minimum atomic E-state index is -2.15. The van der Waals surface area contributed by atoms with Crippen LogP contribution in [0, 0.1) is 13.8 Å². The minimum Gasteiger partial charge on any atom is -0.0697 e. The third kappa shape index (κ3) is 6.03. The van der Waals surface area contributed by atoms with Crippen molar-refractivity contribution in [3.63, 3.8) is 0 Å². The molecule has 2 aromatic rings. The van der Waals surface area contributed by atoms with Crippen molar-refractivity contribution in [2.24, 2.45) is 0 Å². The van der Waals surface area contributed by atoms with Gasteiger partial charge in [-0.25, -0.2) is 0 Å². The predicted octanol–water partition coefficient (Wildman–Crippen LogP) is 8.12. The zero-order valence-corrected chi connectivity index (χ0v) is 29.3. The average Bonchev–Trinajstić information content (AvgIpc) is 2.57. The van der Waals surface area contributed by atoms with Crippen LogP contribution in [0.2, 0.25) is 88.1 Å². The van der Waals surface area contributed by atoms with Crippen LogP contribution in [0.4, 0.5) is 0 Å². The second-order valence-electron chi connectivity index (χ2n) is 14.9. The molecule has 0 bridgehead atoms. The van der Waals surface area contributed by atoms with Crippen LogP contribution in [0.5, 0.6) is 0 Å². The van der Waals surface area contributed by atoms with Gasteiger partial charge in [-0.05, 0) is 23.4 Å². The van der Waals surface area contributed by atoms with Gasteiger partial charge in [0, 0.05) is 32.3 Å². The van der Waals surface area contributed by atoms with Gasteiger partial charge in [0.15, 0.2) is 0 Å². The summed E-state index contributed by atoms with van der Waals surface area (Å²) >= 11 is 0. The van der Waals surface area contributed by atoms with Crippen LogP contribution in [-0.4, -0.2) is 40.4 Å². The molecule has 0 atom stereocenters. The highest BCUT2D eigenvalue weighted by atomic mass is 28.5. The zero-order valence-electron chi connectivity index (χ0n) is 24.3. The summed E-state index contributed by atoms with van der Waals surface area (Å²) < 4.78 is 0. The normalized spacial score (nSPS) is 14.3. The van der Waals surface area contributed by atoms with Gasteiger partial charge < -0.3 is 0 Å². The van der Waals surface area contributed by atoms with Crippen molar-refractivity contribution < 1.29 is 0 Å². The zero-order chi connectivity index (χ0) is 25.6. The predicted molar refractivity (Wildman–Crippen MR) is 168 cm³/mol. The largest absolute Gasteiger partial charge is 0.114 e. The van der Waals surface area contributed by atoms with E-state index in [0.717, 1.165) is 9.58 Å². The number of hydrogen-bond donors (Lipinski definition) is 0. The Morgan fingerprint density at radius 1 is 0.394 bits per heavy atom. The maximum atomic E-state index is 2.70. The Labute approximate surface area is 211 Å². The summed E-state index contributed by atoms with van der Waals surface area (Å²) in [5.74, 6) is 0. The van der Waals surface area contributed by atoms with Crippen LogP contribution in [0.3, 0.4) is 0 Å². The number of benzene rings is 2. The lowest BCUT2D eigenvalue weighted by Crippen LogP contribution is -2.79. The SMILES string of the molecule is Cc1ccc([Si](c2ccc(C)cc2)(C([Si](C)(C)C)[Si](C)(C)C)C([Si](C)(C)C)[Si](C)(C)C)cc1. The summed E-state index contributed by atoms with van der Waals surface area (Å²) in [6.45, 7) is 36.9. The molecule has 184 valence electrons. The van der Waals surface area contributed by atoms with E-state index in [-0.39, 0.29) is 0 Å². The molecule has 0 saturated heterocycles. The molecule has 2 aromatic carbocycles. The summed E-state index contributed by atoms with van der Waals surface area (Å²) in [5.41, 5.74) is 2.78. The standard InChI is InChI=1S/C28H52Si5/c1-23-15-19-25(20-16-23)33(26-21-17-24(2)18-22-26,27(29(3,4)5)30(6,7)8)28(31(9,10)11)32(12,13)14/h15-22,27-28H,1-14H3. The Kier molecular flexibility index (Phi) is 8.30. The molecule has 5 heteroatoms. The first-order valence-electron chi connectivity index (χ1n) is 12.9. The van der Waals surface area contributed by atoms with Gasteiger partial charge in [0.2, 0.25) is 0 Å². The lowest BCUT2D eigenvalue weighted by molar-refractivity contribution is 1.27. The fourth-order valence-electron chi connectivity index (χ4n) is 7.99. The molecule has 2 rings (SSSR count). The van der Waals surface area contributed by atoms with Crippen LogP contribution >= 0.6 is 0 Å². The van der Waals surface area contributed by atoms with Crippen molar-refractivity contribution in [1.82, 2.24) is 0 Å². The Balaban J connectivity index is 3.26. The Hall–Kier alpha value is -0.476. The van der Waals surface area contributed by atoms with Crippen molar-refractivity contribution in [1.29, 1.82) is 0 Å². The number of rotatable bonds is 8. The van der Waals surface area contributed by atoms with E-state index in [2.05, 4.69) is 141 Å². The third-order valence-electron chi connectivity index (χ3n) is 7.43. The van der Waals surface area contributed by atoms with Gasteiger partial charge in [0.1, 0.15) is 8.07 Å². The fraction of sp³-hybridized carbons (Fsp3) is 0.571. The maximum Gasteiger partial charge on any atom is 0.114 e. The first-order chi connectivity index (χ1) is 14.7. The van der Waals surface area contributed by atoms with E-state index in [1.807, 2.05) is 0 Å². The molecule has 0 saturated carbocycles. The highest BCUT2D eigenvalue weighted by molar-refractivity contribution is 7.31. The summed E-state index contributed by atoms with van der Waals surface area (Å²) in [7, 11) is -8.16. The first-order valence-corrected chi connectivity index (χ1v) is 29.3. The van der Waals surface area contributed by atoms with Gasteiger partial charge in [-0.3, -0.25) is 0 Å². The quantitative estimate of drug-likeness (QED) is 0.303. The van der Waals surface area contributed by atoms with E-state index >= 15 is 0 Å². The van der Waals surface area contributed by atoms with Gasteiger partial charge >= 0.3 is 0 Å². The molecule has 0 amide bonds. The molecule has 0 N–H and O–H groups in total. The molecule has 0 radical (unpaired) electrons. The highest BCUT2D eigenvalue weighted by Crippen LogP contribution is 2.51. The average molecular weight is 529 g/mol. The van der Waals surface area contributed by atoms with Crippen molar-refractivity contribution in [3.8, 4) is 0 Å². The van der Waals surface area contributed by atoms with Gasteiger partial charge in [-0.15, -0.1) is 0 Å². The Morgan fingerprint density at radius 3 is 0.788 bits per heavy atom. The summed E-state index contributed by atoms with van der Waals surface area (Å²) in [6.07, 6.45) is 0. The molecular weight excluding hydrogens is 477 g/mol. The molecule has 33 heavy (non-hydrogen) atoms. The van der Waals surface area contributed by atoms with E-state index in [9.17, 15) is 0 Å². The van der Waals surface area contributed by atoms with Crippen LogP contribution in [0.15, 0.2) is 48.5 Å². The Morgan fingerprint density at radius 2 is 0.606 bits per heavy atom. The third-order valence-corrected chi connectivity index (χ3v) is 45.0. The molecule has 0 aliphatic heterocycles. The molecular formula is C28H52Si5. The van der Waals surface area contributed by atoms with Crippen molar-refractivity contribution in [3.05, 3.63) is 59.7 Å². The van der Waals surface area contributed by atoms with E-state index in [1.54, 1.807) is 10.4 Å². The van der Waals surface area contributed by atoms with Crippen LogP contribution in [0.1, 0.15) is 11.1 Å². The monoisotopic (exact) mass is 528 g/mol. The lowest BCUT2D eigenvalue weighted by atomic mass is 10.2. The molecule has 0 aliphatic rings. The van der Waals surface area contributed by atoms with Crippen molar-refractivity contribution >= 4 is 50.7 Å². The van der Waals surface area contributed by atoms with Gasteiger partial charge in [-0.2, -0.15) is 0 Å². The van der Waals surface area contributed by atoms with E-state index < -0.39 is 40.4 Å². The highest BCUT2D eigenvalue weighted by Gasteiger charge is 2.63. The van der Waals surface area contributed by atoms with Crippen LogP contribution in [0.25, 0.3) is 0 Å². The number of hydrogen-bond acceptors (Lipinski definition) is 0. The first kappa shape index (κ1) is 28.8. The van der Waals surface area contributed by atoms with Gasteiger partial charge in [0.25, 0.3) is 0 Å². The summed E-state index contributed by atoms with van der Waals surface area (Å²) in [5, 5.41) is 3.48. The Bertz CT molecular complexity index is 810. The second kappa shape index (κ2) is 9.53. The minimum absolute atomic E-state index is 0.895. The fourth-order valence-corrected chi connectivity index (χ4v) is 62.1. The van der Waals surface area contributed by atoms with Crippen molar-refractivity contribution in [2.45, 2.75) is 102 Å². The van der Waals surface area contributed by atoms with E-state index in [1.165, 1.54) is 11.1 Å². The summed E-state index contributed by atoms with van der Waals surface area (Å²) in [6, 6.07) is 20.0. The van der Waals surface area contributed by atoms with E-state index in [4.69, 9.17) is 0 Å². The molecule has 0 unspecified atom stereocenters. The molecule has 0 aromatic heterocycles. The topological polar surface area (TPSA) is 0 Å². The molecule has 0 fully saturated rings. The van der Waals surface area contributed by atoms with Gasteiger partial charge in [-0.1, -0.05) is 149 Å². The lowest BCUT2D eigenvalue weighted by Gasteiger charge is -2.60. The van der Waals surface area contributed by atoms with Gasteiger partial charge in [0.05, 0.1) is 0 Å². The number of aryl methyl sites for hydroxylation is 2. The van der Waals surface area contributed by atoms with Crippen LogP contribution < -0.4 is 10.4 Å². The molecule has 0 nitrogen and oxygen atoms in total. The second-order valence-corrected chi connectivity index (χ2v) is 43.7. The molecule has 0 heterocycles. The smallest absolute Gasteiger partial charge is 0.0697 e. The van der Waals surface area contributed by atoms with E-state index in [0.29, 0.717) is 0 Å². The summed E-state index contributed by atoms with van der Waals surface area (Å²) in [4.78, 5) is 1.79.